The van der Waals surface area contributed by atoms with Crippen LogP contribution in [0.2, 0.25) is 0 Å². The molecule has 0 radical (unpaired) electrons. The molecular formula is C11H17N5O2. The molecule has 0 aliphatic carbocycles. The van der Waals surface area contributed by atoms with E-state index < -0.39 is 0 Å². The molecule has 18 heavy (non-hydrogen) atoms. The number of hydrogen-bond acceptors (Lipinski definition) is 4. The summed E-state index contributed by atoms with van der Waals surface area (Å²) in [5.74, 6) is 1.25. The van der Waals surface area contributed by atoms with Crippen molar-refractivity contribution in [3.8, 4) is 0 Å². The second kappa shape index (κ2) is 5.16. The van der Waals surface area contributed by atoms with Crippen molar-refractivity contribution < 1.29 is 9.59 Å². The normalized spacial score (nSPS) is 19.4. The van der Waals surface area contributed by atoms with Crippen LogP contribution in [0.25, 0.3) is 0 Å². The van der Waals surface area contributed by atoms with Crippen LogP contribution in [0.5, 0.6) is 0 Å². The van der Waals surface area contributed by atoms with E-state index in [4.69, 9.17) is 0 Å². The van der Waals surface area contributed by atoms with Gasteiger partial charge in [0.05, 0.1) is 12.5 Å². The predicted molar refractivity (Wildman–Crippen MR) is 63.3 cm³/mol. The molecule has 7 heteroatoms. The van der Waals surface area contributed by atoms with Gasteiger partial charge in [-0.25, -0.2) is 4.98 Å². The Morgan fingerprint density at radius 2 is 2.33 bits per heavy atom. The molecule has 7 nitrogen and oxygen atoms in total. The van der Waals surface area contributed by atoms with Gasteiger partial charge in [-0.05, 0) is 13.3 Å². The lowest BCUT2D eigenvalue weighted by Crippen LogP contribution is -2.43. The molecule has 2 amide bonds. The van der Waals surface area contributed by atoms with E-state index in [0.29, 0.717) is 31.8 Å². The average molecular weight is 251 g/mol. The van der Waals surface area contributed by atoms with Crippen molar-refractivity contribution in [2.45, 2.75) is 26.3 Å². The molecule has 0 aromatic carbocycles. The maximum atomic E-state index is 12.1. The second-order valence-corrected chi connectivity index (χ2v) is 4.57. The van der Waals surface area contributed by atoms with Crippen LogP contribution in [-0.4, -0.2) is 45.5 Å². The first-order chi connectivity index (χ1) is 8.56. The summed E-state index contributed by atoms with van der Waals surface area (Å²) in [5, 5.41) is 9.45. The van der Waals surface area contributed by atoms with E-state index >= 15 is 0 Å². The number of carbonyl (C=O) groups is 2. The number of H-pyrrole nitrogens is 1. The molecule has 1 aliphatic heterocycles. The van der Waals surface area contributed by atoms with Crippen molar-refractivity contribution in [2.24, 2.45) is 5.92 Å². The number of nitrogens with one attached hydrogen (secondary N) is 2. The summed E-state index contributed by atoms with van der Waals surface area (Å²) >= 11 is 0. The van der Waals surface area contributed by atoms with E-state index in [9.17, 15) is 9.59 Å². The second-order valence-electron chi connectivity index (χ2n) is 4.57. The zero-order chi connectivity index (χ0) is 13.1. The Labute approximate surface area is 105 Å². The van der Waals surface area contributed by atoms with Crippen molar-refractivity contribution in [3.63, 3.8) is 0 Å². The lowest BCUT2D eigenvalue weighted by atomic mass is 9.98. The van der Waals surface area contributed by atoms with Gasteiger partial charge in [0.1, 0.15) is 5.82 Å². The van der Waals surface area contributed by atoms with Gasteiger partial charge in [0.25, 0.3) is 0 Å². The highest BCUT2D eigenvalue weighted by Crippen LogP contribution is 2.14. The number of aromatic nitrogens is 3. The highest BCUT2D eigenvalue weighted by atomic mass is 16.2. The first kappa shape index (κ1) is 12.5. The summed E-state index contributed by atoms with van der Waals surface area (Å²) in [4.78, 5) is 28.9. The van der Waals surface area contributed by atoms with E-state index in [1.807, 2.05) is 6.92 Å². The van der Waals surface area contributed by atoms with Gasteiger partial charge in [-0.3, -0.25) is 14.7 Å². The molecule has 2 rings (SSSR count). The van der Waals surface area contributed by atoms with E-state index in [1.165, 1.54) is 0 Å². The fraction of sp³-hybridized carbons (Fsp3) is 0.636. The molecule has 2 heterocycles. The van der Waals surface area contributed by atoms with Crippen molar-refractivity contribution in [1.82, 2.24) is 25.4 Å². The molecule has 2 N–H and O–H groups in total. The van der Waals surface area contributed by atoms with Gasteiger partial charge >= 0.3 is 0 Å². The van der Waals surface area contributed by atoms with Crippen LogP contribution in [0.3, 0.4) is 0 Å². The van der Waals surface area contributed by atoms with Crippen LogP contribution in [0.1, 0.15) is 24.5 Å². The highest BCUT2D eigenvalue weighted by Gasteiger charge is 2.27. The molecule has 1 saturated heterocycles. The van der Waals surface area contributed by atoms with Gasteiger partial charge in [0.15, 0.2) is 5.82 Å². The quantitative estimate of drug-likeness (QED) is 0.764. The lowest BCUT2D eigenvalue weighted by molar-refractivity contribution is -0.136. The van der Waals surface area contributed by atoms with Crippen LogP contribution < -0.4 is 5.32 Å². The standard InChI is InChI=1S/C11H17N5O2/c1-7-13-9(15-14-7)6-16(2)11(18)8-3-4-10(17)12-5-8/h8H,3-6H2,1-2H3,(H,12,17)(H,13,14,15). The van der Waals surface area contributed by atoms with E-state index in [0.717, 1.165) is 5.82 Å². The minimum atomic E-state index is -0.132. The smallest absolute Gasteiger partial charge is 0.227 e. The number of carbonyl (C=O) groups excluding carboxylic acids is 2. The van der Waals surface area contributed by atoms with E-state index in [1.54, 1.807) is 11.9 Å². The van der Waals surface area contributed by atoms with Crippen molar-refractivity contribution in [1.29, 1.82) is 0 Å². The average Bonchev–Trinajstić information content (AvgIpc) is 2.75. The Kier molecular flexibility index (Phi) is 3.59. The van der Waals surface area contributed by atoms with Gasteiger partial charge in [-0.1, -0.05) is 0 Å². The van der Waals surface area contributed by atoms with Crippen molar-refractivity contribution >= 4 is 11.8 Å². The van der Waals surface area contributed by atoms with Gasteiger partial charge in [0, 0.05) is 20.0 Å². The van der Waals surface area contributed by atoms with Crippen LogP contribution in [-0.2, 0) is 16.1 Å². The van der Waals surface area contributed by atoms with Gasteiger partial charge in [0.2, 0.25) is 11.8 Å². The zero-order valence-electron chi connectivity index (χ0n) is 10.6. The summed E-state index contributed by atoms with van der Waals surface area (Å²) in [7, 11) is 1.73. The van der Waals surface area contributed by atoms with Crippen LogP contribution >= 0.6 is 0 Å². The monoisotopic (exact) mass is 251 g/mol. The first-order valence-electron chi connectivity index (χ1n) is 5.96. The predicted octanol–water partition coefficient (Wildman–Crippen LogP) is -0.402. The van der Waals surface area contributed by atoms with Crippen LogP contribution in [0.4, 0.5) is 0 Å². The molecule has 1 fully saturated rings. The number of amides is 2. The Morgan fingerprint density at radius 1 is 1.56 bits per heavy atom. The summed E-state index contributed by atoms with van der Waals surface area (Å²) in [5.41, 5.74) is 0. The molecule has 1 aliphatic rings. The van der Waals surface area contributed by atoms with Gasteiger partial charge in [-0.15, -0.1) is 0 Å². The van der Waals surface area contributed by atoms with Crippen molar-refractivity contribution in [3.05, 3.63) is 11.6 Å². The summed E-state index contributed by atoms with van der Waals surface area (Å²) in [6, 6.07) is 0. The van der Waals surface area contributed by atoms with Crippen molar-refractivity contribution in [2.75, 3.05) is 13.6 Å². The number of aromatic amines is 1. The third-order valence-corrected chi connectivity index (χ3v) is 3.01. The van der Waals surface area contributed by atoms with Crippen LogP contribution in [0, 0.1) is 12.8 Å². The maximum absolute atomic E-state index is 12.1. The topological polar surface area (TPSA) is 91.0 Å². The number of hydrogen-bond donors (Lipinski definition) is 2. The molecule has 0 spiro atoms. The third kappa shape index (κ3) is 2.85. The molecule has 0 bridgehead atoms. The molecular weight excluding hydrogens is 234 g/mol. The Hall–Kier alpha value is -1.92. The minimum Gasteiger partial charge on any atom is -0.355 e. The highest BCUT2D eigenvalue weighted by molar-refractivity contribution is 5.83. The first-order valence-corrected chi connectivity index (χ1v) is 5.96. The van der Waals surface area contributed by atoms with Gasteiger partial charge in [-0.2, -0.15) is 5.10 Å². The number of aryl methyl sites for hydroxylation is 1. The molecule has 0 saturated carbocycles. The number of piperidine rings is 1. The summed E-state index contributed by atoms with van der Waals surface area (Å²) in [6.07, 6.45) is 1.03. The maximum Gasteiger partial charge on any atom is 0.227 e. The Morgan fingerprint density at radius 3 is 2.89 bits per heavy atom. The van der Waals surface area contributed by atoms with Crippen LogP contribution in [0.15, 0.2) is 0 Å². The molecule has 1 atom stereocenters. The molecule has 1 unspecified atom stereocenters. The molecule has 98 valence electrons. The SMILES string of the molecule is Cc1nc(CN(C)C(=O)C2CCC(=O)NC2)n[nH]1. The number of rotatable bonds is 3. The van der Waals surface area contributed by atoms with Gasteiger partial charge < -0.3 is 10.2 Å². The number of nitrogens with zero attached hydrogens (tertiary/aromatic N) is 3. The summed E-state index contributed by atoms with van der Waals surface area (Å²) in [6.45, 7) is 2.62. The minimum absolute atomic E-state index is 0.0197. The van der Waals surface area contributed by atoms with E-state index in [-0.39, 0.29) is 17.7 Å². The van der Waals surface area contributed by atoms with E-state index in [2.05, 4.69) is 20.5 Å². The third-order valence-electron chi connectivity index (χ3n) is 3.01. The molecule has 1 aromatic rings. The zero-order valence-corrected chi connectivity index (χ0v) is 10.6. The Bertz CT molecular complexity index is 446. The largest absolute Gasteiger partial charge is 0.355 e. The fourth-order valence-electron chi connectivity index (χ4n) is 2.01. The molecule has 1 aromatic heterocycles. The fourth-order valence-corrected chi connectivity index (χ4v) is 2.01. The lowest BCUT2D eigenvalue weighted by Gasteiger charge is -2.26. The summed E-state index contributed by atoms with van der Waals surface area (Å²) < 4.78 is 0. The Balaban J connectivity index is 1.90.